The van der Waals surface area contributed by atoms with Crippen LogP contribution < -0.4 is 10.2 Å². The molecule has 0 unspecified atom stereocenters. The van der Waals surface area contributed by atoms with Gasteiger partial charge in [-0.3, -0.25) is 4.79 Å². The molecule has 1 aliphatic rings. The Kier molecular flexibility index (Phi) is 12.8. The number of amides is 1. The van der Waals surface area contributed by atoms with Gasteiger partial charge >= 0.3 is 0 Å². The Bertz CT molecular complexity index is 1220. The highest BCUT2D eigenvalue weighted by Crippen LogP contribution is 2.33. The van der Waals surface area contributed by atoms with Gasteiger partial charge in [0.1, 0.15) is 0 Å². The van der Waals surface area contributed by atoms with Gasteiger partial charge in [-0.2, -0.15) is 0 Å². The van der Waals surface area contributed by atoms with Crippen molar-refractivity contribution < 1.29 is 4.79 Å². The molecule has 0 atom stereocenters. The first kappa shape index (κ1) is 31.8. The first-order valence-electron chi connectivity index (χ1n) is 11.4. The van der Waals surface area contributed by atoms with Crippen molar-refractivity contribution in [2.75, 3.05) is 25.0 Å². The monoisotopic (exact) mass is 567 g/mol. The lowest BCUT2D eigenvalue weighted by Gasteiger charge is -2.22. The number of hydrogen-bond donors (Lipinski definition) is 1. The zero-order chi connectivity index (χ0) is 21.9. The van der Waals surface area contributed by atoms with Crippen molar-refractivity contribution in [2.45, 2.75) is 25.3 Å². The number of nitrogens with zero attached hydrogens (tertiary/aromatic N) is 2. The molecule has 0 spiro atoms. The van der Waals surface area contributed by atoms with E-state index in [9.17, 15) is 4.79 Å². The number of halogens is 4. The highest BCUT2D eigenvalue weighted by atomic mass is 35.5. The largest absolute Gasteiger partial charge is 0.343 e. The van der Waals surface area contributed by atoms with E-state index in [1.165, 1.54) is 34.9 Å². The minimum atomic E-state index is 0. The quantitative estimate of drug-likeness (QED) is 0.278. The lowest BCUT2D eigenvalue weighted by molar-refractivity contribution is 0.0993. The van der Waals surface area contributed by atoms with Crippen LogP contribution in [0.15, 0.2) is 85.1 Å². The molecule has 36 heavy (non-hydrogen) atoms. The first-order valence-corrected chi connectivity index (χ1v) is 11.4. The zero-order valence-electron chi connectivity index (χ0n) is 20.1. The second kappa shape index (κ2) is 14.5. The van der Waals surface area contributed by atoms with Crippen molar-refractivity contribution in [3.63, 3.8) is 0 Å². The number of piperidine rings is 1. The maximum atomic E-state index is 12.9. The number of para-hydroxylation sites is 2. The van der Waals surface area contributed by atoms with Crippen molar-refractivity contribution in [3.8, 4) is 0 Å². The number of nitrogens with one attached hydrogen (secondary N) is 1. The van der Waals surface area contributed by atoms with Crippen LogP contribution in [-0.2, 0) is 6.54 Å². The Morgan fingerprint density at radius 3 is 2.14 bits per heavy atom. The van der Waals surface area contributed by atoms with Crippen LogP contribution in [0.2, 0.25) is 0 Å². The fraction of sp³-hybridized carbons (Fsp3) is 0.250. The van der Waals surface area contributed by atoms with Gasteiger partial charge in [0.2, 0.25) is 0 Å². The summed E-state index contributed by atoms with van der Waals surface area (Å²) in [6, 6.07) is 26.5. The second-order valence-corrected chi connectivity index (χ2v) is 8.65. The molecular formula is C28H33Cl4N3O. The Balaban J connectivity index is 0.00000162. The summed E-state index contributed by atoms with van der Waals surface area (Å²) in [6.07, 6.45) is 4.74. The number of carbonyl (C=O) groups is 1. The van der Waals surface area contributed by atoms with Gasteiger partial charge < -0.3 is 14.8 Å². The second-order valence-electron chi connectivity index (χ2n) is 8.65. The number of hydrogen-bond acceptors (Lipinski definition) is 2. The van der Waals surface area contributed by atoms with Crippen LogP contribution in [-0.4, -0.2) is 30.6 Å². The molecule has 1 aliphatic heterocycles. The highest BCUT2D eigenvalue weighted by molar-refractivity contribution is 6.05. The van der Waals surface area contributed by atoms with E-state index in [0.717, 1.165) is 25.3 Å². The van der Waals surface area contributed by atoms with Gasteiger partial charge in [-0.05, 0) is 73.3 Å². The van der Waals surface area contributed by atoms with Crippen molar-refractivity contribution in [1.29, 1.82) is 0 Å². The van der Waals surface area contributed by atoms with Crippen molar-refractivity contribution in [3.05, 3.63) is 102 Å². The van der Waals surface area contributed by atoms with Gasteiger partial charge in [-0.15, -0.1) is 49.6 Å². The van der Waals surface area contributed by atoms with Gasteiger partial charge in [0.05, 0.1) is 0 Å². The summed E-state index contributed by atoms with van der Waals surface area (Å²) in [4.78, 5) is 14.6. The number of aromatic nitrogens is 1. The highest BCUT2D eigenvalue weighted by Gasteiger charge is 2.20. The molecule has 5 rings (SSSR count). The van der Waals surface area contributed by atoms with E-state index in [0.29, 0.717) is 11.5 Å². The molecule has 4 aromatic rings. The third kappa shape index (κ3) is 6.76. The Morgan fingerprint density at radius 2 is 1.47 bits per heavy atom. The number of carbonyl (C=O) groups excluding carboxylic acids is 1. The summed E-state index contributed by atoms with van der Waals surface area (Å²) in [5.74, 6) is 0.623. The zero-order valence-corrected chi connectivity index (χ0v) is 23.4. The molecular weight excluding hydrogens is 536 g/mol. The topological polar surface area (TPSA) is 37.3 Å². The lowest BCUT2D eigenvalue weighted by Crippen LogP contribution is -2.26. The molecule has 8 heteroatoms. The van der Waals surface area contributed by atoms with Crippen LogP contribution in [0.1, 0.15) is 40.2 Å². The normalized spacial score (nSPS) is 12.9. The molecule has 1 N–H and O–H groups in total. The molecule has 194 valence electrons. The van der Waals surface area contributed by atoms with E-state index in [2.05, 4.69) is 52.5 Å². The fourth-order valence-corrected chi connectivity index (χ4v) is 4.78. The predicted octanol–water partition coefficient (Wildman–Crippen LogP) is 7.12. The molecule has 0 radical (unpaired) electrons. The minimum Gasteiger partial charge on any atom is -0.343 e. The molecule has 4 nitrogen and oxygen atoms in total. The maximum Gasteiger partial charge on any atom is 0.258 e. The van der Waals surface area contributed by atoms with Crippen molar-refractivity contribution in [1.82, 2.24) is 9.88 Å². The summed E-state index contributed by atoms with van der Waals surface area (Å²) >= 11 is 0. The molecule has 3 aromatic carbocycles. The van der Waals surface area contributed by atoms with E-state index < -0.39 is 0 Å². The lowest BCUT2D eigenvalue weighted by atomic mass is 9.90. The molecule has 0 saturated carbocycles. The van der Waals surface area contributed by atoms with E-state index in [1.54, 1.807) is 4.90 Å². The number of benzene rings is 3. The Hall–Kier alpha value is -2.21. The van der Waals surface area contributed by atoms with Crippen molar-refractivity contribution in [2.24, 2.45) is 0 Å². The molecule has 0 bridgehead atoms. The van der Waals surface area contributed by atoms with Crippen LogP contribution in [0, 0.1) is 0 Å². The Morgan fingerprint density at radius 1 is 0.861 bits per heavy atom. The summed E-state index contributed by atoms with van der Waals surface area (Å²) < 4.78 is 2.36. The number of anilines is 1. The van der Waals surface area contributed by atoms with Crippen LogP contribution in [0.3, 0.4) is 0 Å². The standard InChI is InChI=1S/C28H29N3O.4ClH/c1-30(24-7-3-2-4-8-24)28(32)23-13-11-21(12-14-23)19-31-20-26(22-15-17-29-18-16-22)25-9-5-6-10-27(25)31;;;;/h2-14,20,22,29H,15-19H2,1H3;4*1H. The van der Waals surface area contributed by atoms with E-state index >= 15 is 0 Å². The van der Waals surface area contributed by atoms with Crippen LogP contribution >= 0.6 is 49.6 Å². The van der Waals surface area contributed by atoms with Crippen LogP contribution in [0.25, 0.3) is 10.9 Å². The smallest absolute Gasteiger partial charge is 0.258 e. The predicted molar refractivity (Wildman–Crippen MR) is 160 cm³/mol. The van der Waals surface area contributed by atoms with Crippen molar-refractivity contribution >= 4 is 72.1 Å². The first-order chi connectivity index (χ1) is 15.7. The molecule has 1 amide bonds. The molecule has 0 aliphatic carbocycles. The van der Waals surface area contributed by atoms with E-state index in [1.807, 2.05) is 49.5 Å². The van der Waals surface area contributed by atoms with Gasteiger partial charge in [-0.1, -0.05) is 48.5 Å². The number of rotatable bonds is 5. The molecule has 1 saturated heterocycles. The number of fused-ring (bicyclic) bond motifs is 1. The summed E-state index contributed by atoms with van der Waals surface area (Å²) in [7, 11) is 1.82. The van der Waals surface area contributed by atoms with E-state index in [-0.39, 0.29) is 55.5 Å². The van der Waals surface area contributed by atoms with Gasteiger partial charge in [0.25, 0.3) is 5.91 Å². The Labute approximate surface area is 238 Å². The van der Waals surface area contributed by atoms with Crippen LogP contribution in [0.4, 0.5) is 5.69 Å². The molecule has 1 aromatic heterocycles. The van der Waals surface area contributed by atoms with Gasteiger partial charge in [-0.25, -0.2) is 0 Å². The van der Waals surface area contributed by atoms with E-state index in [4.69, 9.17) is 0 Å². The third-order valence-electron chi connectivity index (χ3n) is 6.60. The SMILES string of the molecule is CN(C(=O)c1ccc(Cn2cc(C3CCNCC3)c3ccccc32)cc1)c1ccccc1.Cl.Cl.Cl.Cl. The maximum absolute atomic E-state index is 12.9. The average molecular weight is 569 g/mol. The van der Waals surface area contributed by atoms with Gasteiger partial charge in [0.15, 0.2) is 0 Å². The summed E-state index contributed by atoms with van der Waals surface area (Å²) in [6.45, 7) is 2.99. The summed E-state index contributed by atoms with van der Waals surface area (Å²) in [5, 5.41) is 4.85. The van der Waals surface area contributed by atoms with Crippen LogP contribution in [0.5, 0.6) is 0 Å². The summed E-state index contributed by atoms with van der Waals surface area (Å²) in [5.41, 5.74) is 5.54. The third-order valence-corrected chi connectivity index (χ3v) is 6.60. The molecule has 2 heterocycles. The molecule has 1 fully saturated rings. The van der Waals surface area contributed by atoms with Gasteiger partial charge in [0, 0.05) is 41.9 Å². The average Bonchev–Trinajstić information content (AvgIpc) is 3.23. The minimum absolute atomic E-state index is 0. The fourth-order valence-electron chi connectivity index (χ4n) is 4.78.